The van der Waals surface area contributed by atoms with E-state index in [1.165, 1.54) is 11.3 Å². The Morgan fingerprint density at radius 1 is 1.75 bits per heavy atom. The van der Waals surface area contributed by atoms with Gasteiger partial charge in [0.15, 0.2) is 0 Å². The Labute approximate surface area is 98.2 Å². The molecule has 6 heteroatoms. The summed E-state index contributed by atoms with van der Waals surface area (Å²) in [6.07, 6.45) is 0. The Morgan fingerprint density at radius 2 is 2.50 bits per heavy atom. The van der Waals surface area contributed by atoms with Crippen molar-refractivity contribution < 1.29 is 14.6 Å². The SMILES string of the molecule is COCC(CO)NCc1cc(C(N)=O)cs1. The van der Waals surface area contributed by atoms with Gasteiger partial charge in [0.05, 0.1) is 24.8 Å². The zero-order valence-electron chi connectivity index (χ0n) is 9.10. The Bertz CT molecular complexity index is 341. The highest BCUT2D eigenvalue weighted by Gasteiger charge is 2.08. The van der Waals surface area contributed by atoms with Crippen LogP contribution in [-0.2, 0) is 11.3 Å². The minimum Gasteiger partial charge on any atom is -0.395 e. The number of hydrogen-bond acceptors (Lipinski definition) is 5. The number of carbonyl (C=O) groups excluding carboxylic acids is 1. The first-order chi connectivity index (χ1) is 7.67. The van der Waals surface area contributed by atoms with E-state index in [1.54, 1.807) is 18.6 Å². The highest BCUT2D eigenvalue weighted by Crippen LogP contribution is 2.13. The average molecular weight is 244 g/mol. The molecule has 0 radical (unpaired) electrons. The van der Waals surface area contributed by atoms with E-state index in [1.807, 2.05) is 0 Å². The molecule has 1 amide bonds. The number of primary amides is 1. The van der Waals surface area contributed by atoms with Gasteiger partial charge >= 0.3 is 0 Å². The molecule has 5 nitrogen and oxygen atoms in total. The van der Waals surface area contributed by atoms with Crippen molar-refractivity contribution in [1.82, 2.24) is 5.32 Å². The van der Waals surface area contributed by atoms with Gasteiger partial charge in [-0.1, -0.05) is 0 Å². The van der Waals surface area contributed by atoms with E-state index in [-0.39, 0.29) is 12.6 Å². The highest BCUT2D eigenvalue weighted by atomic mass is 32.1. The van der Waals surface area contributed by atoms with Crippen LogP contribution in [0.5, 0.6) is 0 Å². The largest absolute Gasteiger partial charge is 0.395 e. The van der Waals surface area contributed by atoms with Crippen LogP contribution >= 0.6 is 11.3 Å². The molecule has 0 aliphatic carbocycles. The van der Waals surface area contributed by atoms with Crippen molar-refractivity contribution >= 4 is 17.2 Å². The molecule has 90 valence electrons. The summed E-state index contributed by atoms with van der Waals surface area (Å²) in [5.74, 6) is -0.418. The number of thiophene rings is 1. The Kier molecular flexibility index (Phi) is 5.41. The zero-order valence-corrected chi connectivity index (χ0v) is 9.92. The Hall–Kier alpha value is -0.950. The van der Waals surface area contributed by atoms with Crippen LogP contribution in [0.15, 0.2) is 11.4 Å². The molecule has 1 aromatic rings. The van der Waals surface area contributed by atoms with Crippen LogP contribution in [0.1, 0.15) is 15.2 Å². The monoisotopic (exact) mass is 244 g/mol. The Balaban J connectivity index is 2.44. The molecule has 1 aromatic heterocycles. The number of rotatable bonds is 7. The summed E-state index contributed by atoms with van der Waals surface area (Å²) in [6, 6.07) is 1.66. The number of aliphatic hydroxyl groups excluding tert-OH is 1. The quantitative estimate of drug-likeness (QED) is 0.627. The number of nitrogens with two attached hydrogens (primary N) is 1. The lowest BCUT2D eigenvalue weighted by atomic mass is 10.3. The van der Waals surface area contributed by atoms with Crippen molar-refractivity contribution in [2.24, 2.45) is 5.73 Å². The minimum absolute atomic E-state index is 0.0158. The summed E-state index contributed by atoms with van der Waals surface area (Å²) >= 11 is 1.46. The third-order valence-electron chi connectivity index (χ3n) is 2.09. The maximum Gasteiger partial charge on any atom is 0.249 e. The van der Waals surface area contributed by atoms with Gasteiger partial charge in [0.1, 0.15) is 0 Å². The summed E-state index contributed by atoms with van der Waals surface area (Å²) in [5, 5.41) is 13.9. The van der Waals surface area contributed by atoms with E-state index in [0.717, 1.165) is 4.88 Å². The maximum atomic E-state index is 10.9. The predicted molar refractivity (Wildman–Crippen MR) is 62.4 cm³/mol. The number of amides is 1. The highest BCUT2D eigenvalue weighted by molar-refractivity contribution is 7.10. The van der Waals surface area contributed by atoms with Gasteiger partial charge in [-0.15, -0.1) is 11.3 Å². The molecule has 1 rings (SSSR count). The van der Waals surface area contributed by atoms with Crippen molar-refractivity contribution in [2.75, 3.05) is 20.3 Å². The third kappa shape index (κ3) is 3.90. The number of carbonyl (C=O) groups is 1. The topological polar surface area (TPSA) is 84.6 Å². The molecule has 1 unspecified atom stereocenters. The Morgan fingerprint density at radius 3 is 3.00 bits per heavy atom. The van der Waals surface area contributed by atoms with Crippen LogP contribution in [0, 0.1) is 0 Å². The van der Waals surface area contributed by atoms with Crippen molar-refractivity contribution in [1.29, 1.82) is 0 Å². The summed E-state index contributed by atoms with van der Waals surface area (Å²) < 4.78 is 4.93. The zero-order chi connectivity index (χ0) is 12.0. The molecule has 4 N–H and O–H groups in total. The molecule has 0 aliphatic heterocycles. The predicted octanol–water partition coefficient (Wildman–Crippen LogP) is -0.0561. The summed E-state index contributed by atoms with van der Waals surface area (Å²) in [7, 11) is 1.58. The van der Waals surface area contributed by atoms with Crippen LogP contribution in [0.25, 0.3) is 0 Å². The first-order valence-electron chi connectivity index (χ1n) is 4.87. The minimum atomic E-state index is -0.418. The van der Waals surface area contributed by atoms with Crippen molar-refractivity contribution in [3.05, 3.63) is 21.9 Å². The molecular formula is C10H16N2O3S. The van der Waals surface area contributed by atoms with Gasteiger partial charge in [0, 0.05) is 23.9 Å². The normalized spacial score (nSPS) is 12.6. The number of methoxy groups -OCH3 is 1. The lowest BCUT2D eigenvalue weighted by Gasteiger charge is -2.14. The fraction of sp³-hybridized carbons (Fsp3) is 0.500. The number of nitrogens with one attached hydrogen (secondary N) is 1. The lowest BCUT2D eigenvalue weighted by Crippen LogP contribution is -2.35. The molecule has 16 heavy (non-hydrogen) atoms. The van der Waals surface area contributed by atoms with Crippen molar-refractivity contribution in [2.45, 2.75) is 12.6 Å². The second-order valence-corrected chi connectivity index (χ2v) is 4.38. The van der Waals surface area contributed by atoms with E-state index < -0.39 is 5.91 Å². The second-order valence-electron chi connectivity index (χ2n) is 3.38. The van der Waals surface area contributed by atoms with Gasteiger partial charge < -0.3 is 20.9 Å². The van der Waals surface area contributed by atoms with Crippen molar-refractivity contribution in [3.8, 4) is 0 Å². The fourth-order valence-electron chi connectivity index (χ4n) is 1.22. The van der Waals surface area contributed by atoms with Crippen LogP contribution in [0.2, 0.25) is 0 Å². The average Bonchev–Trinajstić information content (AvgIpc) is 2.73. The van der Waals surface area contributed by atoms with Gasteiger partial charge in [-0.2, -0.15) is 0 Å². The van der Waals surface area contributed by atoms with Gasteiger partial charge in [-0.3, -0.25) is 4.79 Å². The molecule has 0 spiro atoms. The van der Waals surface area contributed by atoms with E-state index in [9.17, 15) is 4.79 Å². The maximum absolute atomic E-state index is 10.9. The van der Waals surface area contributed by atoms with Crippen LogP contribution in [-0.4, -0.2) is 37.4 Å². The molecule has 1 atom stereocenters. The number of ether oxygens (including phenoxy) is 1. The van der Waals surface area contributed by atoms with E-state index in [0.29, 0.717) is 18.7 Å². The molecule has 0 aromatic carbocycles. The standard InChI is InChI=1S/C10H16N2O3S/c1-15-5-8(4-13)12-3-9-2-7(6-16-9)10(11)14/h2,6,8,12-13H,3-5H2,1H3,(H2,11,14). The van der Waals surface area contributed by atoms with Crippen LogP contribution in [0.4, 0.5) is 0 Å². The molecule has 1 heterocycles. The lowest BCUT2D eigenvalue weighted by molar-refractivity contribution is 0.100. The van der Waals surface area contributed by atoms with Crippen molar-refractivity contribution in [3.63, 3.8) is 0 Å². The molecule has 0 aliphatic rings. The molecule has 0 saturated carbocycles. The summed E-state index contributed by atoms with van der Waals surface area (Å²) in [4.78, 5) is 11.9. The molecular weight excluding hydrogens is 228 g/mol. The van der Waals surface area contributed by atoms with E-state index >= 15 is 0 Å². The number of hydrogen-bond donors (Lipinski definition) is 3. The number of aliphatic hydroxyl groups is 1. The first kappa shape index (κ1) is 13.1. The molecule has 0 bridgehead atoms. The molecule has 0 fully saturated rings. The van der Waals surface area contributed by atoms with Gasteiger partial charge in [0.25, 0.3) is 0 Å². The van der Waals surface area contributed by atoms with Gasteiger partial charge in [-0.05, 0) is 6.07 Å². The smallest absolute Gasteiger partial charge is 0.249 e. The van der Waals surface area contributed by atoms with Crippen LogP contribution < -0.4 is 11.1 Å². The third-order valence-corrected chi connectivity index (χ3v) is 3.03. The van der Waals surface area contributed by atoms with Gasteiger partial charge in [0.2, 0.25) is 5.91 Å². The fourth-order valence-corrected chi connectivity index (χ4v) is 2.05. The van der Waals surface area contributed by atoms with Gasteiger partial charge in [-0.25, -0.2) is 0 Å². The molecule has 0 saturated heterocycles. The van der Waals surface area contributed by atoms with E-state index in [2.05, 4.69) is 5.32 Å². The van der Waals surface area contributed by atoms with Crippen LogP contribution in [0.3, 0.4) is 0 Å². The first-order valence-corrected chi connectivity index (χ1v) is 5.75. The summed E-state index contributed by atoms with van der Waals surface area (Å²) in [5.41, 5.74) is 5.67. The van der Waals surface area contributed by atoms with E-state index in [4.69, 9.17) is 15.6 Å². The second kappa shape index (κ2) is 6.59. The summed E-state index contributed by atoms with van der Waals surface area (Å²) in [6.45, 7) is 1.05.